The van der Waals surface area contributed by atoms with Crippen LogP contribution in [0.2, 0.25) is 0 Å². The first kappa shape index (κ1) is 7.87. The molecular formula is C6H10N2O3. The van der Waals surface area contributed by atoms with Gasteiger partial charge < -0.3 is 14.8 Å². The molecule has 3 N–H and O–H groups in total. The Hall–Kier alpha value is -1.23. The second-order valence-electron chi connectivity index (χ2n) is 2.15. The summed E-state index contributed by atoms with van der Waals surface area (Å²) in [6.07, 6.45) is 0.501. The number of aromatic amines is 2. The minimum absolute atomic E-state index is 0.105. The molecule has 5 heteroatoms. The first-order valence-corrected chi connectivity index (χ1v) is 3.23. The Morgan fingerprint density at radius 2 is 2.27 bits per heavy atom. The SMILES string of the molecule is COCCc1[nH]c(=O)[nH]c1O. The van der Waals surface area contributed by atoms with Crippen LogP contribution in [0.15, 0.2) is 4.79 Å². The normalized spacial score (nSPS) is 10.3. The lowest BCUT2D eigenvalue weighted by atomic mass is 10.3. The molecule has 62 valence electrons. The first-order valence-electron chi connectivity index (χ1n) is 3.23. The second kappa shape index (κ2) is 3.25. The van der Waals surface area contributed by atoms with Gasteiger partial charge in [0.2, 0.25) is 5.88 Å². The van der Waals surface area contributed by atoms with Crippen molar-refractivity contribution in [1.29, 1.82) is 0 Å². The Morgan fingerprint density at radius 3 is 2.73 bits per heavy atom. The number of imidazole rings is 1. The largest absolute Gasteiger partial charge is 0.493 e. The van der Waals surface area contributed by atoms with Gasteiger partial charge in [-0.05, 0) is 0 Å². The van der Waals surface area contributed by atoms with Crippen LogP contribution in [0, 0.1) is 0 Å². The van der Waals surface area contributed by atoms with Crippen LogP contribution < -0.4 is 5.69 Å². The quantitative estimate of drug-likeness (QED) is 0.560. The van der Waals surface area contributed by atoms with E-state index in [1.807, 2.05) is 0 Å². The number of hydrogen-bond acceptors (Lipinski definition) is 3. The van der Waals surface area contributed by atoms with Crippen molar-refractivity contribution in [2.75, 3.05) is 13.7 Å². The summed E-state index contributed by atoms with van der Waals surface area (Å²) in [4.78, 5) is 15.2. The monoisotopic (exact) mass is 158 g/mol. The third-order valence-electron chi connectivity index (χ3n) is 1.34. The summed E-state index contributed by atoms with van der Waals surface area (Å²) in [6.45, 7) is 0.474. The van der Waals surface area contributed by atoms with Crippen LogP contribution in [0.1, 0.15) is 5.69 Å². The zero-order valence-corrected chi connectivity index (χ0v) is 6.18. The number of aromatic nitrogens is 2. The number of aromatic hydroxyl groups is 1. The van der Waals surface area contributed by atoms with Crippen molar-refractivity contribution in [3.8, 4) is 5.88 Å². The Morgan fingerprint density at radius 1 is 1.55 bits per heavy atom. The highest BCUT2D eigenvalue weighted by Gasteiger charge is 2.03. The second-order valence-corrected chi connectivity index (χ2v) is 2.15. The lowest BCUT2D eigenvalue weighted by molar-refractivity contribution is 0.200. The molecule has 0 saturated carbocycles. The average molecular weight is 158 g/mol. The summed E-state index contributed by atoms with van der Waals surface area (Å²) in [7, 11) is 1.56. The van der Waals surface area contributed by atoms with E-state index in [1.165, 1.54) is 0 Å². The maximum atomic E-state index is 10.6. The highest BCUT2D eigenvalue weighted by atomic mass is 16.5. The molecule has 0 amide bonds. The van der Waals surface area contributed by atoms with E-state index in [2.05, 4.69) is 9.97 Å². The van der Waals surface area contributed by atoms with Crippen molar-refractivity contribution < 1.29 is 9.84 Å². The maximum Gasteiger partial charge on any atom is 0.325 e. The fourth-order valence-corrected chi connectivity index (χ4v) is 0.796. The molecular weight excluding hydrogens is 148 g/mol. The summed E-state index contributed by atoms with van der Waals surface area (Å²) in [6, 6.07) is 0. The van der Waals surface area contributed by atoms with Crippen LogP contribution in [-0.4, -0.2) is 28.8 Å². The van der Waals surface area contributed by atoms with Gasteiger partial charge in [0.15, 0.2) is 0 Å². The predicted molar refractivity (Wildman–Crippen MR) is 38.7 cm³/mol. The molecule has 0 atom stereocenters. The number of hydrogen-bond donors (Lipinski definition) is 3. The van der Waals surface area contributed by atoms with E-state index < -0.39 is 5.69 Å². The highest BCUT2D eigenvalue weighted by Crippen LogP contribution is 2.06. The maximum absolute atomic E-state index is 10.6. The number of nitrogens with one attached hydrogen (secondary N) is 2. The van der Waals surface area contributed by atoms with Gasteiger partial charge in [-0.2, -0.15) is 0 Å². The van der Waals surface area contributed by atoms with Gasteiger partial charge in [0.1, 0.15) is 0 Å². The molecule has 0 unspecified atom stereocenters. The molecule has 0 spiro atoms. The molecule has 0 aliphatic carbocycles. The van der Waals surface area contributed by atoms with Crippen LogP contribution in [0.3, 0.4) is 0 Å². The molecule has 1 aromatic rings. The van der Waals surface area contributed by atoms with Crippen molar-refractivity contribution in [2.24, 2.45) is 0 Å². The molecule has 5 nitrogen and oxygen atoms in total. The van der Waals surface area contributed by atoms with Gasteiger partial charge in [0.25, 0.3) is 0 Å². The van der Waals surface area contributed by atoms with Crippen molar-refractivity contribution in [2.45, 2.75) is 6.42 Å². The molecule has 0 bridgehead atoms. The smallest absolute Gasteiger partial charge is 0.325 e. The zero-order chi connectivity index (χ0) is 8.27. The minimum Gasteiger partial charge on any atom is -0.493 e. The zero-order valence-electron chi connectivity index (χ0n) is 6.18. The van der Waals surface area contributed by atoms with Gasteiger partial charge >= 0.3 is 5.69 Å². The van der Waals surface area contributed by atoms with Crippen LogP contribution >= 0.6 is 0 Å². The molecule has 1 aromatic heterocycles. The molecule has 0 fully saturated rings. The number of H-pyrrole nitrogens is 2. The van der Waals surface area contributed by atoms with E-state index in [9.17, 15) is 4.79 Å². The summed E-state index contributed by atoms with van der Waals surface area (Å²) < 4.78 is 4.76. The third kappa shape index (κ3) is 1.84. The topological polar surface area (TPSA) is 78.1 Å². The van der Waals surface area contributed by atoms with Crippen LogP contribution in [-0.2, 0) is 11.2 Å². The summed E-state index contributed by atoms with van der Waals surface area (Å²) in [5.74, 6) is -0.105. The van der Waals surface area contributed by atoms with Gasteiger partial charge in [0, 0.05) is 13.5 Å². The lowest BCUT2D eigenvalue weighted by Crippen LogP contribution is -2.02. The van der Waals surface area contributed by atoms with E-state index in [-0.39, 0.29) is 5.88 Å². The number of rotatable bonds is 3. The molecule has 1 heterocycles. The van der Waals surface area contributed by atoms with Crippen LogP contribution in [0.25, 0.3) is 0 Å². The molecule has 11 heavy (non-hydrogen) atoms. The lowest BCUT2D eigenvalue weighted by Gasteiger charge is -1.94. The van der Waals surface area contributed by atoms with Crippen molar-refractivity contribution >= 4 is 0 Å². The molecule has 1 rings (SSSR count). The van der Waals surface area contributed by atoms with Gasteiger partial charge in [-0.3, -0.25) is 4.98 Å². The van der Waals surface area contributed by atoms with Crippen molar-refractivity contribution in [3.63, 3.8) is 0 Å². The standard InChI is InChI=1S/C6H10N2O3/c1-11-3-2-4-5(9)8-6(10)7-4/h9H,2-3H2,1H3,(H2,7,8,10). The van der Waals surface area contributed by atoms with Crippen molar-refractivity contribution in [1.82, 2.24) is 9.97 Å². The molecule has 0 aromatic carbocycles. The Balaban J connectivity index is 2.69. The van der Waals surface area contributed by atoms with Crippen LogP contribution in [0.5, 0.6) is 5.88 Å². The van der Waals surface area contributed by atoms with E-state index >= 15 is 0 Å². The average Bonchev–Trinajstić information content (AvgIpc) is 2.26. The van der Waals surface area contributed by atoms with E-state index in [4.69, 9.17) is 9.84 Å². The van der Waals surface area contributed by atoms with E-state index in [1.54, 1.807) is 7.11 Å². The number of methoxy groups -OCH3 is 1. The minimum atomic E-state index is -0.395. The van der Waals surface area contributed by atoms with Gasteiger partial charge in [0.05, 0.1) is 12.3 Å². The fourth-order valence-electron chi connectivity index (χ4n) is 0.796. The Labute approximate surface area is 63.0 Å². The van der Waals surface area contributed by atoms with Gasteiger partial charge in [-0.15, -0.1) is 0 Å². The number of ether oxygens (including phenoxy) is 1. The molecule has 0 radical (unpaired) electrons. The van der Waals surface area contributed by atoms with Gasteiger partial charge in [-0.1, -0.05) is 0 Å². The van der Waals surface area contributed by atoms with E-state index in [0.717, 1.165) is 0 Å². The summed E-state index contributed by atoms with van der Waals surface area (Å²) in [5, 5.41) is 9.02. The van der Waals surface area contributed by atoms with Crippen molar-refractivity contribution in [3.05, 3.63) is 16.2 Å². The Bertz CT molecular complexity index is 276. The van der Waals surface area contributed by atoms with Crippen LogP contribution in [0.4, 0.5) is 0 Å². The molecule has 0 saturated heterocycles. The first-order chi connectivity index (χ1) is 5.24. The summed E-state index contributed by atoms with van der Waals surface area (Å²) >= 11 is 0. The van der Waals surface area contributed by atoms with Gasteiger partial charge in [-0.25, -0.2) is 4.79 Å². The fraction of sp³-hybridized carbons (Fsp3) is 0.500. The highest BCUT2D eigenvalue weighted by molar-refractivity contribution is 5.15. The summed E-state index contributed by atoms with van der Waals surface area (Å²) in [5.41, 5.74) is 0.0884. The molecule has 0 aliphatic rings. The molecule has 0 aliphatic heterocycles. The predicted octanol–water partition coefficient (Wildman–Crippen LogP) is -0.402. The third-order valence-corrected chi connectivity index (χ3v) is 1.34. The van der Waals surface area contributed by atoms with E-state index in [0.29, 0.717) is 18.7 Å². The Kier molecular flexibility index (Phi) is 2.32.